The molecule has 0 rings (SSSR count). The van der Waals surface area contributed by atoms with Crippen LogP contribution in [0.5, 0.6) is 0 Å². The zero-order valence-corrected chi connectivity index (χ0v) is 6.98. The molecule has 0 radical (unpaired) electrons. The van der Waals surface area contributed by atoms with Crippen molar-refractivity contribution in [1.82, 2.24) is 0 Å². The van der Waals surface area contributed by atoms with Crippen LogP contribution in [-0.4, -0.2) is 5.55 Å². The molecule has 0 aromatic heterocycles. The molecule has 2 N–H and O–H groups in total. The van der Waals surface area contributed by atoms with Gasteiger partial charge in [-0.15, -0.1) is 0 Å². The third-order valence-electron chi connectivity index (χ3n) is 0.336. The van der Waals surface area contributed by atoms with Crippen molar-refractivity contribution in [2.45, 2.75) is 20.8 Å². The molecule has 0 atom stereocenters. The summed E-state index contributed by atoms with van der Waals surface area (Å²) in [6.07, 6.45) is 1.92. The maximum atomic E-state index is 4.78. The third kappa shape index (κ3) is 18.4. The van der Waals surface area contributed by atoms with Crippen LogP contribution in [-0.2, 0) is 0 Å². The van der Waals surface area contributed by atoms with Crippen molar-refractivity contribution >= 4 is 17.3 Å². The molecule has 0 fully saturated rings. The predicted octanol–water partition coefficient (Wildman–Crippen LogP) is 2.18. The van der Waals surface area contributed by atoms with Crippen molar-refractivity contribution in [3.63, 3.8) is 0 Å². The van der Waals surface area contributed by atoms with E-state index in [1.54, 1.807) is 5.55 Å². The summed E-state index contributed by atoms with van der Waals surface area (Å²) in [7, 11) is 0. The number of nitrogens with zero attached hydrogens (tertiary/aromatic N) is 1. The van der Waals surface area contributed by atoms with Gasteiger partial charge in [-0.1, -0.05) is 31.7 Å². The number of hydrogen-bond donors (Lipinski definition) is 1. The molecule has 0 spiro atoms. The van der Waals surface area contributed by atoms with Crippen LogP contribution in [0.3, 0.4) is 0 Å². The van der Waals surface area contributed by atoms with Gasteiger partial charge in [-0.05, 0) is 12.3 Å². The normalized spacial score (nSPS) is 9.67. The smallest absolute Gasteiger partial charge is 0.0836 e. The molecule has 0 aromatic rings. The van der Waals surface area contributed by atoms with Crippen molar-refractivity contribution in [3.8, 4) is 0 Å². The number of hydrazone groups is 1. The van der Waals surface area contributed by atoms with Crippen LogP contribution in [0.15, 0.2) is 16.6 Å². The number of hydrogen-bond acceptors (Lipinski definition) is 3. The quantitative estimate of drug-likeness (QED) is 0.281. The Morgan fingerprint density at radius 1 is 1.44 bits per heavy atom. The second-order valence-electron chi connectivity index (χ2n) is 0.860. The first kappa shape index (κ1) is 11.4. The van der Waals surface area contributed by atoms with Crippen LogP contribution in [0.1, 0.15) is 20.8 Å². The lowest BCUT2D eigenvalue weighted by molar-refractivity contribution is 1.27. The Balaban J connectivity index is 0. The minimum atomic E-state index is 1.46. The average molecular weight is 146 g/mol. The Morgan fingerprint density at radius 3 is 2.33 bits per heavy atom. The van der Waals surface area contributed by atoms with Gasteiger partial charge in [0.1, 0.15) is 0 Å². The van der Waals surface area contributed by atoms with E-state index in [0.717, 1.165) is 0 Å². The summed E-state index contributed by atoms with van der Waals surface area (Å²) in [5.41, 5.74) is 1.57. The van der Waals surface area contributed by atoms with E-state index in [2.05, 4.69) is 5.10 Å². The van der Waals surface area contributed by atoms with Crippen LogP contribution in [0.4, 0.5) is 0 Å². The molecule has 0 saturated heterocycles. The van der Waals surface area contributed by atoms with Gasteiger partial charge >= 0.3 is 0 Å². The lowest BCUT2D eigenvalue weighted by atomic mass is 10.8. The standard InChI is InChI=1S/C4H8N2S.C2H6/c1-2-3-7-4-6-5;1-2/h2-4H,5H2,1H3;1-2H3/b3-2+,6-4-;. The van der Waals surface area contributed by atoms with Gasteiger partial charge in [-0.2, -0.15) is 5.10 Å². The number of rotatable bonds is 2. The lowest BCUT2D eigenvalue weighted by Crippen LogP contribution is -1.75. The molecular weight excluding hydrogens is 132 g/mol. The van der Waals surface area contributed by atoms with Crippen LogP contribution in [0.2, 0.25) is 0 Å². The van der Waals surface area contributed by atoms with Crippen LogP contribution in [0.25, 0.3) is 0 Å². The Bertz CT molecular complexity index is 69.1. The van der Waals surface area contributed by atoms with E-state index >= 15 is 0 Å². The van der Waals surface area contributed by atoms with Crippen LogP contribution in [0, 0.1) is 0 Å². The highest BCUT2D eigenvalue weighted by Gasteiger charge is 1.62. The molecular formula is C6H14N2S. The highest BCUT2D eigenvalue weighted by atomic mass is 32.2. The van der Waals surface area contributed by atoms with E-state index in [-0.39, 0.29) is 0 Å². The van der Waals surface area contributed by atoms with E-state index < -0.39 is 0 Å². The van der Waals surface area contributed by atoms with Crippen LogP contribution >= 0.6 is 11.8 Å². The molecule has 54 valence electrons. The predicted molar refractivity (Wildman–Crippen MR) is 46.4 cm³/mol. The topological polar surface area (TPSA) is 38.4 Å². The second kappa shape index (κ2) is 15.6. The Hall–Kier alpha value is -0.440. The maximum absolute atomic E-state index is 4.78. The zero-order chi connectivity index (χ0) is 7.54. The van der Waals surface area contributed by atoms with E-state index in [9.17, 15) is 0 Å². The maximum Gasteiger partial charge on any atom is 0.0836 e. The molecule has 0 heterocycles. The van der Waals surface area contributed by atoms with E-state index in [4.69, 9.17) is 5.84 Å². The fraction of sp³-hybridized carbons (Fsp3) is 0.500. The summed E-state index contributed by atoms with van der Waals surface area (Å²) in [5.74, 6) is 4.78. The summed E-state index contributed by atoms with van der Waals surface area (Å²) in [6, 6.07) is 0. The summed E-state index contributed by atoms with van der Waals surface area (Å²) in [4.78, 5) is 0. The first-order valence-electron chi connectivity index (χ1n) is 2.90. The molecule has 0 saturated carbocycles. The molecule has 2 nitrogen and oxygen atoms in total. The molecule has 0 aliphatic carbocycles. The molecule has 0 aliphatic rings. The summed E-state index contributed by atoms with van der Waals surface area (Å²) < 4.78 is 0. The monoisotopic (exact) mass is 146 g/mol. The minimum absolute atomic E-state index is 1.46. The van der Waals surface area contributed by atoms with E-state index in [1.807, 2.05) is 32.3 Å². The zero-order valence-electron chi connectivity index (χ0n) is 6.16. The minimum Gasteiger partial charge on any atom is -0.323 e. The molecule has 0 amide bonds. The lowest BCUT2D eigenvalue weighted by Gasteiger charge is -1.73. The highest BCUT2D eigenvalue weighted by Crippen LogP contribution is 1.93. The number of nitrogens with two attached hydrogens (primary N) is 1. The van der Waals surface area contributed by atoms with Crippen molar-refractivity contribution in [3.05, 3.63) is 11.5 Å². The average Bonchev–Trinajstić information content (AvgIpc) is 1.94. The molecule has 0 bridgehead atoms. The van der Waals surface area contributed by atoms with Crippen molar-refractivity contribution < 1.29 is 0 Å². The number of thioether (sulfide) groups is 1. The Morgan fingerprint density at radius 2 is 2.00 bits per heavy atom. The molecule has 9 heavy (non-hydrogen) atoms. The molecule has 0 unspecified atom stereocenters. The van der Waals surface area contributed by atoms with Gasteiger partial charge < -0.3 is 5.84 Å². The molecule has 0 aromatic carbocycles. The summed E-state index contributed by atoms with van der Waals surface area (Å²) in [5, 5.41) is 5.16. The number of allylic oxidation sites excluding steroid dienone is 1. The van der Waals surface area contributed by atoms with Crippen LogP contribution < -0.4 is 5.84 Å². The van der Waals surface area contributed by atoms with E-state index in [0.29, 0.717) is 0 Å². The largest absolute Gasteiger partial charge is 0.323 e. The van der Waals surface area contributed by atoms with Crippen molar-refractivity contribution in [2.75, 3.05) is 0 Å². The summed E-state index contributed by atoms with van der Waals surface area (Å²) >= 11 is 1.46. The first-order valence-corrected chi connectivity index (χ1v) is 3.84. The van der Waals surface area contributed by atoms with Gasteiger partial charge in [0.2, 0.25) is 0 Å². The highest BCUT2D eigenvalue weighted by molar-refractivity contribution is 8.14. The molecule has 3 heteroatoms. The van der Waals surface area contributed by atoms with Crippen molar-refractivity contribution in [1.29, 1.82) is 0 Å². The van der Waals surface area contributed by atoms with Gasteiger partial charge in [-0.25, -0.2) is 0 Å². The molecule has 0 aliphatic heterocycles. The van der Waals surface area contributed by atoms with Gasteiger partial charge in [0.15, 0.2) is 0 Å². The third-order valence-corrected chi connectivity index (χ3v) is 1.01. The summed E-state index contributed by atoms with van der Waals surface area (Å²) in [6.45, 7) is 5.94. The van der Waals surface area contributed by atoms with Gasteiger partial charge in [-0.3, -0.25) is 0 Å². The van der Waals surface area contributed by atoms with Gasteiger partial charge in [0, 0.05) is 0 Å². The van der Waals surface area contributed by atoms with E-state index in [1.165, 1.54) is 11.8 Å². The van der Waals surface area contributed by atoms with Crippen molar-refractivity contribution in [2.24, 2.45) is 10.9 Å². The van der Waals surface area contributed by atoms with Gasteiger partial charge in [0.05, 0.1) is 5.55 Å². The Kier molecular flexibility index (Phi) is 19.8. The fourth-order valence-corrected chi connectivity index (χ4v) is 0.447. The fourth-order valence-electron chi connectivity index (χ4n) is 0.149. The van der Waals surface area contributed by atoms with Gasteiger partial charge in [0.25, 0.3) is 0 Å². The first-order chi connectivity index (χ1) is 4.41. The Labute approximate surface area is 61.2 Å². The second-order valence-corrected chi connectivity index (χ2v) is 1.62. The SMILES string of the molecule is C/C=C/S/C=N\N.CC.